The highest BCUT2D eigenvalue weighted by Gasteiger charge is 2.52. The van der Waals surface area contributed by atoms with Crippen LogP contribution in [0.4, 0.5) is 28.9 Å². The first-order chi connectivity index (χ1) is 13.9. The van der Waals surface area contributed by atoms with Crippen LogP contribution in [0.3, 0.4) is 0 Å². The van der Waals surface area contributed by atoms with Crippen molar-refractivity contribution < 1.29 is 32.4 Å². The molecule has 2 aromatic carbocycles. The number of benzene rings is 2. The fourth-order valence-electron chi connectivity index (χ4n) is 3.10. The van der Waals surface area contributed by atoms with Crippen molar-refractivity contribution in [1.29, 1.82) is 0 Å². The minimum atomic E-state index is -5.05. The number of hydrogen-bond acceptors (Lipinski definition) is 5. The van der Waals surface area contributed by atoms with Gasteiger partial charge < -0.3 is 10.4 Å². The van der Waals surface area contributed by atoms with E-state index in [4.69, 9.17) is 12.2 Å². The summed E-state index contributed by atoms with van der Waals surface area (Å²) in [5, 5.41) is 23.9. The largest absolute Gasteiger partial charge is 0.423 e. The van der Waals surface area contributed by atoms with Crippen LogP contribution in [-0.2, 0) is 11.0 Å². The van der Waals surface area contributed by atoms with Crippen LogP contribution in [0.1, 0.15) is 24.2 Å². The number of halogens is 4. The van der Waals surface area contributed by atoms with Crippen molar-refractivity contribution >= 4 is 34.6 Å². The predicted octanol–water partition coefficient (Wildman–Crippen LogP) is 3.47. The smallest absolute Gasteiger partial charge is 0.385 e. The van der Waals surface area contributed by atoms with Gasteiger partial charge in [-0.1, -0.05) is 12.1 Å². The van der Waals surface area contributed by atoms with Crippen molar-refractivity contribution in [3.8, 4) is 0 Å². The summed E-state index contributed by atoms with van der Waals surface area (Å²) in [5.41, 5.74) is -4.68. The van der Waals surface area contributed by atoms with Crippen molar-refractivity contribution in [2.45, 2.75) is 24.7 Å². The number of aliphatic hydroxyl groups excluding tert-OH is 1. The van der Waals surface area contributed by atoms with Crippen molar-refractivity contribution in [2.24, 2.45) is 0 Å². The zero-order valence-electron chi connectivity index (χ0n) is 15.1. The van der Waals surface area contributed by atoms with Crippen molar-refractivity contribution in [1.82, 2.24) is 5.32 Å². The molecule has 7 nitrogen and oxygen atoms in total. The zero-order chi connectivity index (χ0) is 22.4. The van der Waals surface area contributed by atoms with Gasteiger partial charge in [0.05, 0.1) is 10.6 Å². The number of nitrogens with zero attached hydrogens (tertiary/aromatic N) is 2. The van der Waals surface area contributed by atoms with Gasteiger partial charge in [-0.05, 0) is 49.0 Å². The first-order valence-corrected chi connectivity index (χ1v) is 8.73. The first kappa shape index (κ1) is 21.6. The second-order valence-corrected chi connectivity index (χ2v) is 7.07. The van der Waals surface area contributed by atoms with Gasteiger partial charge in [0, 0.05) is 6.07 Å². The lowest BCUT2D eigenvalue weighted by Crippen LogP contribution is -2.49. The molecule has 2 atom stereocenters. The summed E-state index contributed by atoms with van der Waals surface area (Å²) in [6, 6.07) is 6.67. The Hall–Kier alpha value is -3.12. The molecule has 158 valence electrons. The second-order valence-electron chi connectivity index (χ2n) is 6.68. The Balaban J connectivity index is 2.02. The normalized spacial score (nSPS) is 20.3. The maximum Gasteiger partial charge on any atom is 0.423 e. The predicted molar refractivity (Wildman–Crippen MR) is 101 cm³/mol. The molecule has 30 heavy (non-hydrogen) atoms. The highest BCUT2D eigenvalue weighted by atomic mass is 32.1. The third kappa shape index (κ3) is 3.59. The molecule has 0 saturated carbocycles. The van der Waals surface area contributed by atoms with E-state index in [0.717, 1.165) is 23.1 Å². The number of thiocarbonyl (C=S) groups is 1. The minimum Gasteiger partial charge on any atom is -0.385 e. The lowest BCUT2D eigenvalue weighted by atomic mass is 9.89. The summed E-state index contributed by atoms with van der Waals surface area (Å²) >= 11 is 5.07. The SMILES string of the molecule is C[C@]1([C@@H](O)c2ccc(F)cc2)NC(=S)N(c2ccc([N+](=O)[O-])c(C(F)(F)F)c2)C1=O. The van der Waals surface area contributed by atoms with E-state index in [2.05, 4.69) is 5.32 Å². The Morgan fingerprint density at radius 3 is 2.37 bits per heavy atom. The molecule has 1 heterocycles. The van der Waals surface area contributed by atoms with Gasteiger partial charge in [-0.15, -0.1) is 0 Å². The van der Waals surface area contributed by atoms with Gasteiger partial charge in [0.25, 0.3) is 11.6 Å². The van der Waals surface area contributed by atoms with Crippen LogP contribution in [0, 0.1) is 15.9 Å². The van der Waals surface area contributed by atoms with Gasteiger partial charge in [-0.3, -0.25) is 19.8 Å². The van der Waals surface area contributed by atoms with E-state index < -0.39 is 45.7 Å². The second kappa shape index (κ2) is 7.29. The molecule has 2 N–H and O–H groups in total. The number of carbonyl (C=O) groups excluding carboxylic acids is 1. The maximum absolute atomic E-state index is 13.3. The van der Waals surface area contributed by atoms with E-state index in [9.17, 15) is 37.6 Å². The van der Waals surface area contributed by atoms with Gasteiger partial charge >= 0.3 is 6.18 Å². The third-order valence-corrected chi connectivity index (χ3v) is 4.97. The van der Waals surface area contributed by atoms with Crippen LogP contribution in [-0.4, -0.2) is 26.6 Å². The maximum atomic E-state index is 13.3. The van der Waals surface area contributed by atoms with E-state index in [-0.39, 0.29) is 16.4 Å². The van der Waals surface area contributed by atoms with E-state index in [1.165, 1.54) is 19.1 Å². The number of carbonyl (C=O) groups is 1. The Morgan fingerprint density at radius 2 is 1.83 bits per heavy atom. The molecule has 0 radical (unpaired) electrons. The van der Waals surface area contributed by atoms with E-state index in [1.807, 2.05) is 0 Å². The molecule has 0 unspecified atom stereocenters. The van der Waals surface area contributed by atoms with Crippen LogP contribution in [0.15, 0.2) is 42.5 Å². The van der Waals surface area contributed by atoms with Gasteiger partial charge in [-0.25, -0.2) is 4.39 Å². The summed E-state index contributed by atoms with van der Waals surface area (Å²) < 4.78 is 53.0. The number of alkyl halides is 3. The number of nitrogens with one attached hydrogen (secondary N) is 1. The molecule has 0 spiro atoms. The third-order valence-electron chi connectivity index (χ3n) is 4.69. The fraction of sp³-hybridized carbons (Fsp3) is 0.222. The number of amides is 1. The molecule has 12 heteroatoms. The molecule has 0 aliphatic carbocycles. The van der Waals surface area contributed by atoms with Crippen LogP contribution in [0.25, 0.3) is 0 Å². The highest BCUT2D eigenvalue weighted by Crippen LogP contribution is 2.40. The molecular weight excluding hydrogens is 430 g/mol. The van der Waals surface area contributed by atoms with E-state index in [1.54, 1.807) is 0 Å². The molecule has 1 amide bonds. The number of aliphatic hydroxyl groups is 1. The Morgan fingerprint density at radius 1 is 1.23 bits per heavy atom. The van der Waals surface area contributed by atoms with Crippen LogP contribution in [0.2, 0.25) is 0 Å². The molecule has 3 rings (SSSR count). The summed E-state index contributed by atoms with van der Waals surface area (Å²) in [6.07, 6.45) is -6.57. The molecule has 1 aliphatic heterocycles. The minimum absolute atomic E-state index is 0.170. The van der Waals surface area contributed by atoms with Gasteiger partial charge in [0.1, 0.15) is 23.0 Å². The average molecular weight is 443 g/mol. The van der Waals surface area contributed by atoms with Gasteiger partial charge in [0.2, 0.25) is 0 Å². The Bertz CT molecular complexity index is 1040. The number of hydrogen-bond donors (Lipinski definition) is 2. The lowest BCUT2D eigenvalue weighted by molar-refractivity contribution is -0.388. The fourth-order valence-corrected chi connectivity index (χ4v) is 3.50. The molecule has 0 bridgehead atoms. The van der Waals surface area contributed by atoms with Crippen LogP contribution >= 0.6 is 12.2 Å². The molecule has 1 aliphatic rings. The van der Waals surface area contributed by atoms with Gasteiger partial charge in [0.15, 0.2) is 5.11 Å². The molecule has 1 fully saturated rings. The summed E-state index contributed by atoms with van der Waals surface area (Å²) in [5.74, 6) is -1.45. The van der Waals surface area contributed by atoms with E-state index in [0.29, 0.717) is 12.1 Å². The zero-order valence-corrected chi connectivity index (χ0v) is 15.9. The quantitative estimate of drug-likeness (QED) is 0.325. The Labute approximate surface area is 172 Å². The number of nitro benzene ring substituents is 1. The topological polar surface area (TPSA) is 95.7 Å². The molecule has 0 aromatic heterocycles. The van der Waals surface area contributed by atoms with Crippen molar-refractivity contribution in [2.75, 3.05) is 4.90 Å². The van der Waals surface area contributed by atoms with Crippen molar-refractivity contribution in [3.05, 3.63) is 69.5 Å². The summed E-state index contributed by atoms with van der Waals surface area (Å²) in [7, 11) is 0. The number of nitro groups is 1. The van der Waals surface area contributed by atoms with E-state index >= 15 is 0 Å². The number of rotatable bonds is 4. The average Bonchev–Trinajstić information content (AvgIpc) is 2.90. The number of anilines is 1. The molecular formula is C18H13F4N3O4S. The lowest BCUT2D eigenvalue weighted by Gasteiger charge is -2.28. The monoisotopic (exact) mass is 443 g/mol. The van der Waals surface area contributed by atoms with Crippen LogP contribution < -0.4 is 10.2 Å². The summed E-state index contributed by atoms with van der Waals surface area (Å²) in [6.45, 7) is 1.28. The Kier molecular flexibility index (Phi) is 5.24. The summed E-state index contributed by atoms with van der Waals surface area (Å²) in [4.78, 5) is 23.5. The standard InChI is InChI=1S/C18H13F4N3O4S/c1-17(14(26)9-2-4-10(19)5-3-9)15(27)24(16(30)23-17)11-6-7-13(25(28)29)12(8-11)18(20,21)22/h2-8,14,26H,1H3,(H,23,30)/t14-,17+/m0/s1. The van der Waals surface area contributed by atoms with Crippen LogP contribution in [0.5, 0.6) is 0 Å². The van der Waals surface area contributed by atoms with Crippen molar-refractivity contribution in [3.63, 3.8) is 0 Å². The molecule has 1 saturated heterocycles. The van der Waals surface area contributed by atoms with Gasteiger partial charge in [-0.2, -0.15) is 13.2 Å². The highest BCUT2D eigenvalue weighted by molar-refractivity contribution is 7.80. The molecule has 2 aromatic rings. The first-order valence-electron chi connectivity index (χ1n) is 8.32.